The van der Waals surface area contributed by atoms with Gasteiger partial charge in [0, 0.05) is 34.9 Å². The Morgan fingerprint density at radius 1 is 0.957 bits per heavy atom. The number of ketones is 1. The molecule has 0 bridgehead atoms. The molecule has 0 amide bonds. The number of carbonyl (C=O) groups excluding carboxylic acids is 1. The molecule has 4 nitrogen and oxygen atoms in total. The van der Waals surface area contributed by atoms with E-state index in [-0.39, 0.29) is 16.9 Å². The molecule has 1 aliphatic heterocycles. The van der Waals surface area contributed by atoms with Crippen LogP contribution in [-0.2, 0) is 0 Å². The van der Waals surface area contributed by atoms with Gasteiger partial charge in [0.2, 0.25) is 0 Å². The maximum atomic E-state index is 12.6. The van der Waals surface area contributed by atoms with Gasteiger partial charge in [-0.3, -0.25) is 4.79 Å². The number of hydrogen-bond acceptors (Lipinski definition) is 3. The van der Waals surface area contributed by atoms with Crippen LogP contribution in [0, 0.1) is 0 Å². The fraction of sp³-hybridized carbons (Fsp3) is 0.222. The molecule has 2 aromatic rings. The molecule has 2 aromatic carbocycles. The second-order valence-electron chi connectivity index (χ2n) is 5.57. The lowest BCUT2D eigenvalue weighted by molar-refractivity contribution is 0.0693. The fourth-order valence-corrected chi connectivity index (χ4v) is 3.02. The third-order valence-electron chi connectivity index (χ3n) is 4.06. The number of carboxylic acids is 1. The van der Waals surface area contributed by atoms with E-state index >= 15 is 0 Å². The highest BCUT2D eigenvalue weighted by molar-refractivity contribution is 6.31. The molecule has 0 aromatic heterocycles. The zero-order chi connectivity index (χ0) is 16.4. The first-order chi connectivity index (χ1) is 11.1. The SMILES string of the molecule is O=C(O)c1cc(Cl)ccc1C(=O)c1ccc(N2CCCC2)cc1. The van der Waals surface area contributed by atoms with Crippen molar-refractivity contribution in [2.45, 2.75) is 12.8 Å². The van der Waals surface area contributed by atoms with Gasteiger partial charge in [0.15, 0.2) is 5.78 Å². The van der Waals surface area contributed by atoms with Gasteiger partial charge in [-0.2, -0.15) is 0 Å². The molecule has 0 unspecified atom stereocenters. The number of benzene rings is 2. The Balaban J connectivity index is 1.90. The maximum absolute atomic E-state index is 12.6. The van der Waals surface area contributed by atoms with E-state index in [1.807, 2.05) is 12.1 Å². The quantitative estimate of drug-likeness (QED) is 0.865. The average Bonchev–Trinajstić information content (AvgIpc) is 3.09. The number of carbonyl (C=O) groups is 2. The van der Waals surface area contributed by atoms with Crippen molar-refractivity contribution >= 4 is 29.0 Å². The summed E-state index contributed by atoms with van der Waals surface area (Å²) >= 11 is 5.82. The highest BCUT2D eigenvalue weighted by atomic mass is 35.5. The molecule has 0 radical (unpaired) electrons. The monoisotopic (exact) mass is 329 g/mol. The second kappa shape index (κ2) is 6.42. The van der Waals surface area contributed by atoms with Crippen LogP contribution in [-0.4, -0.2) is 29.9 Å². The summed E-state index contributed by atoms with van der Waals surface area (Å²) in [6.07, 6.45) is 2.38. The van der Waals surface area contributed by atoms with Crippen LogP contribution >= 0.6 is 11.6 Å². The van der Waals surface area contributed by atoms with E-state index in [2.05, 4.69) is 4.90 Å². The largest absolute Gasteiger partial charge is 0.478 e. The predicted octanol–water partition coefficient (Wildman–Crippen LogP) is 3.87. The molecule has 1 saturated heterocycles. The van der Waals surface area contributed by atoms with Crippen molar-refractivity contribution in [3.8, 4) is 0 Å². The zero-order valence-corrected chi connectivity index (χ0v) is 13.2. The number of halogens is 1. The van der Waals surface area contributed by atoms with Gasteiger partial charge in [-0.25, -0.2) is 4.79 Å². The van der Waals surface area contributed by atoms with Crippen LogP contribution in [0.25, 0.3) is 0 Å². The Morgan fingerprint density at radius 2 is 1.61 bits per heavy atom. The molecule has 5 heteroatoms. The third-order valence-corrected chi connectivity index (χ3v) is 4.29. The Labute approximate surface area is 139 Å². The average molecular weight is 330 g/mol. The third kappa shape index (κ3) is 3.22. The van der Waals surface area contributed by atoms with Gasteiger partial charge in [-0.15, -0.1) is 0 Å². The fourth-order valence-electron chi connectivity index (χ4n) is 2.85. The van der Waals surface area contributed by atoms with Crippen LogP contribution in [0.5, 0.6) is 0 Å². The summed E-state index contributed by atoms with van der Waals surface area (Å²) in [6.45, 7) is 2.07. The molecule has 0 spiro atoms. The normalized spacial score (nSPS) is 14.0. The van der Waals surface area contributed by atoms with E-state index < -0.39 is 5.97 Å². The molecule has 3 rings (SSSR count). The maximum Gasteiger partial charge on any atom is 0.336 e. The molecule has 0 aliphatic carbocycles. The summed E-state index contributed by atoms with van der Waals surface area (Å²) in [7, 11) is 0. The summed E-state index contributed by atoms with van der Waals surface area (Å²) in [5, 5.41) is 9.55. The first-order valence-electron chi connectivity index (χ1n) is 7.49. The van der Waals surface area contributed by atoms with Crippen molar-refractivity contribution in [1.29, 1.82) is 0 Å². The van der Waals surface area contributed by atoms with Crippen LogP contribution in [0.4, 0.5) is 5.69 Å². The summed E-state index contributed by atoms with van der Waals surface area (Å²) < 4.78 is 0. The number of hydrogen-bond donors (Lipinski definition) is 1. The van der Waals surface area contributed by atoms with Crippen molar-refractivity contribution in [2.75, 3.05) is 18.0 Å². The molecular weight excluding hydrogens is 314 g/mol. The Bertz CT molecular complexity index is 749. The highest BCUT2D eigenvalue weighted by Gasteiger charge is 2.19. The molecule has 118 valence electrons. The molecule has 1 N–H and O–H groups in total. The van der Waals surface area contributed by atoms with E-state index in [1.54, 1.807) is 12.1 Å². The molecule has 0 saturated carbocycles. The van der Waals surface area contributed by atoms with Gasteiger partial charge in [0.25, 0.3) is 0 Å². The van der Waals surface area contributed by atoms with Crippen molar-refractivity contribution in [2.24, 2.45) is 0 Å². The summed E-state index contributed by atoms with van der Waals surface area (Å²) in [6, 6.07) is 11.6. The zero-order valence-electron chi connectivity index (χ0n) is 12.5. The predicted molar refractivity (Wildman–Crippen MR) is 89.7 cm³/mol. The van der Waals surface area contributed by atoms with Crippen molar-refractivity contribution in [3.63, 3.8) is 0 Å². The lowest BCUT2D eigenvalue weighted by Crippen LogP contribution is -2.17. The van der Waals surface area contributed by atoms with Gasteiger partial charge in [0.1, 0.15) is 0 Å². The van der Waals surface area contributed by atoms with E-state index in [1.165, 1.54) is 31.0 Å². The number of anilines is 1. The Morgan fingerprint density at radius 3 is 2.22 bits per heavy atom. The second-order valence-corrected chi connectivity index (χ2v) is 6.00. The summed E-state index contributed by atoms with van der Waals surface area (Å²) in [5.41, 5.74) is 1.63. The summed E-state index contributed by atoms with van der Waals surface area (Å²) in [5.74, 6) is -1.48. The Hall–Kier alpha value is -2.33. The number of carboxylic acid groups (broad SMARTS) is 1. The topological polar surface area (TPSA) is 57.6 Å². The van der Waals surface area contributed by atoms with Gasteiger partial charge >= 0.3 is 5.97 Å². The minimum absolute atomic E-state index is 0.0777. The van der Waals surface area contributed by atoms with Crippen LogP contribution in [0.1, 0.15) is 39.1 Å². The van der Waals surface area contributed by atoms with Crippen molar-refractivity contribution < 1.29 is 14.7 Å². The van der Waals surface area contributed by atoms with Gasteiger partial charge in [-0.05, 0) is 55.3 Å². The van der Waals surface area contributed by atoms with Crippen molar-refractivity contribution in [1.82, 2.24) is 0 Å². The van der Waals surface area contributed by atoms with E-state index in [9.17, 15) is 14.7 Å². The van der Waals surface area contributed by atoms with Gasteiger partial charge in [0.05, 0.1) is 5.56 Å². The molecule has 1 fully saturated rings. The minimum Gasteiger partial charge on any atom is -0.478 e. The molecule has 1 heterocycles. The molecule has 0 atom stereocenters. The number of aromatic carboxylic acids is 1. The Kier molecular flexibility index (Phi) is 4.35. The lowest BCUT2D eigenvalue weighted by atomic mass is 9.98. The highest BCUT2D eigenvalue weighted by Crippen LogP contribution is 2.23. The van der Waals surface area contributed by atoms with E-state index in [0.29, 0.717) is 10.6 Å². The standard InChI is InChI=1S/C18H16ClNO3/c19-13-5-8-15(16(11-13)18(22)23)17(21)12-3-6-14(7-4-12)20-9-1-2-10-20/h3-8,11H,1-2,9-10H2,(H,22,23). The van der Waals surface area contributed by atoms with Crippen LogP contribution in [0.15, 0.2) is 42.5 Å². The van der Waals surface area contributed by atoms with Gasteiger partial charge in [-0.1, -0.05) is 11.6 Å². The van der Waals surface area contributed by atoms with Gasteiger partial charge < -0.3 is 10.0 Å². The first-order valence-corrected chi connectivity index (χ1v) is 7.86. The van der Waals surface area contributed by atoms with Crippen LogP contribution in [0.2, 0.25) is 5.02 Å². The first kappa shape index (κ1) is 15.6. The minimum atomic E-state index is -1.16. The van der Waals surface area contributed by atoms with Crippen LogP contribution in [0.3, 0.4) is 0 Å². The lowest BCUT2D eigenvalue weighted by Gasteiger charge is -2.17. The molecule has 1 aliphatic rings. The smallest absolute Gasteiger partial charge is 0.336 e. The van der Waals surface area contributed by atoms with E-state index in [4.69, 9.17) is 11.6 Å². The van der Waals surface area contributed by atoms with Crippen LogP contribution < -0.4 is 4.90 Å². The van der Waals surface area contributed by atoms with E-state index in [0.717, 1.165) is 18.8 Å². The number of nitrogens with zero attached hydrogens (tertiary/aromatic N) is 1. The number of rotatable bonds is 4. The summed E-state index contributed by atoms with van der Waals surface area (Å²) in [4.78, 5) is 26.2. The molecule has 23 heavy (non-hydrogen) atoms. The van der Waals surface area contributed by atoms with Crippen molar-refractivity contribution in [3.05, 3.63) is 64.2 Å². The molecular formula is C18H16ClNO3.